The molecule has 1 N–H and O–H groups in total. The number of amides is 1. The van der Waals surface area contributed by atoms with Crippen LogP contribution < -0.4 is 5.32 Å². The number of nitrogens with one attached hydrogen (secondary N) is 1. The molecule has 0 aromatic heterocycles. The quantitative estimate of drug-likeness (QED) is 0.905. The summed E-state index contributed by atoms with van der Waals surface area (Å²) in [5.41, 5.74) is 0.695. The summed E-state index contributed by atoms with van der Waals surface area (Å²) in [4.78, 5) is 22.8. The normalized spacial score (nSPS) is 15.8. The van der Waals surface area contributed by atoms with Gasteiger partial charge in [-0.05, 0) is 18.9 Å². The van der Waals surface area contributed by atoms with Gasteiger partial charge in [-0.1, -0.05) is 24.3 Å². The molecule has 106 valence electrons. The molecule has 0 fully saturated rings. The second-order valence-electron chi connectivity index (χ2n) is 4.43. The summed E-state index contributed by atoms with van der Waals surface area (Å²) in [7, 11) is 0. The molecule has 0 radical (unpaired) electrons. The second-order valence-corrected chi connectivity index (χ2v) is 4.43. The fourth-order valence-corrected chi connectivity index (χ4v) is 2.04. The summed E-state index contributed by atoms with van der Waals surface area (Å²) in [6.45, 7) is 0. The van der Waals surface area contributed by atoms with E-state index in [-0.39, 0.29) is 11.5 Å². The van der Waals surface area contributed by atoms with Crippen molar-refractivity contribution in [3.05, 3.63) is 35.9 Å². The number of benzene rings is 1. The number of allylic oxidation sites excluding steroid dienone is 2. The van der Waals surface area contributed by atoms with Crippen LogP contribution in [0.4, 0.5) is 18.9 Å². The minimum atomic E-state index is -4.96. The summed E-state index contributed by atoms with van der Waals surface area (Å²) in [6.07, 6.45) is -1.46. The Balaban J connectivity index is 2.34. The Bertz CT molecular complexity index is 576. The van der Waals surface area contributed by atoms with E-state index in [9.17, 15) is 22.8 Å². The number of hydrogen-bond acceptors (Lipinski definition) is 2. The van der Waals surface area contributed by atoms with Gasteiger partial charge in [-0.25, -0.2) is 0 Å². The maximum absolute atomic E-state index is 12.3. The van der Waals surface area contributed by atoms with Crippen LogP contribution in [0, 0.1) is 0 Å². The number of carbonyl (C=O) groups is 2. The molecular formula is C14H12F3NO2. The maximum Gasteiger partial charge on any atom is 0.471 e. The van der Waals surface area contributed by atoms with Gasteiger partial charge in [-0.15, -0.1) is 0 Å². The zero-order valence-electron chi connectivity index (χ0n) is 10.5. The van der Waals surface area contributed by atoms with Crippen LogP contribution in [0.1, 0.15) is 24.8 Å². The molecule has 0 atom stereocenters. The highest BCUT2D eigenvalue weighted by atomic mass is 19.4. The lowest BCUT2D eigenvalue weighted by Gasteiger charge is -2.16. The van der Waals surface area contributed by atoms with Crippen molar-refractivity contribution in [2.75, 3.05) is 5.32 Å². The smallest absolute Gasteiger partial charge is 0.318 e. The number of rotatable bonds is 2. The molecule has 1 aliphatic rings. The largest absolute Gasteiger partial charge is 0.471 e. The molecule has 0 spiro atoms. The van der Waals surface area contributed by atoms with Crippen LogP contribution in [-0.2, 0) is 9.59 Å². The summed E-state index contributed by atoms with van der Waals surface area (Å²) in [5.74, 6) is -2.17. The first-order chi connectivity index (χ1) is 9.39. The van der Waals surface area contributed by atoms with Crippen LogP contribution in [0.5, 0.6) is 0 Å². The maximum atomic E-state index is 12.3. The van der Waals surface area contributed by atoms with Gasteiger partial charge < -0.3 is 5.32 Å². The van der Waals surface area contributed by atoms with Crippen LogP contribution in [0.3, 0.4) is 0 Å². The molecule has 20 heavy (non-hydrogen) atoms. The molecule has 0 saturated heterocycles. The van der Waals surface area contributed by atoms with Crippen molar-refractivity contribution in [1.82, 2.24) is 0 Å². The molecule has 0 heterocycles. The van der Waals surface area contributed by atoms with Crippen LogP contribution in [0.25, 0.3) is 5.57 Å². The number of anilines is 1. The standard InChI is InChI=1S/C14H12F3NO2/c15-14(16,17)13(20)18-11-7-3-1-5-9(11)10-6-2-4-8-12(10)19/h1,3,5-7H,2,4,8H2,(H,18,20). The Morgan fingerprint density at radius 1 is 1.20 bits per heavy atom. The van der Waals surface area contributed by atoms with Crippen molar-refractivity contribution < 1.29 is 22.8 Å². The lowest BCUT2D eigenvalue weighted by molar-refractivity contribution is -0.167. The van der Waals surface area contributed by atoms with Gasteiger partial charge in [-0.3, -0.25) is 9.59 Å². The number of hydrogen-bond donors (Lipinski definition) is 1. The molecule has 6 heteroatoms. The van der Waals surface area contributed by atoms with Crippen molar-refractivity contribution in [3.8, 4) is 0 Å². The van der Waals surface area contributed by atoms with Gasteiger partial charge in [0.2, 0.25) is 0 Å². The number of halogens is 3. The number of para-hydroxylation sites is 1. The van der Waals surface area contributed by atoms with E-state index >= 15 is 0 Å². The third-order valence-corrected chi connectivity index (χ3v) is 2.98. The average Bonchev–Trinajstić information content (AvgIpc) is 2.39. The molecule has 1 aliphatic carbocycles. The summed E-state index contributed by atoms with van der Waals surface area (Å²) in [5, 5.41) is 1.81. The Morgan fingerprint density at radius 2 is 1.90 bits per heavy atom. The monoisotopic (exact) mass is 283 g/mol. The van der Waals surface area contributed by atoms with Crippen molar-refractivity contribution in [2.24, 2.45) is 0 Å². The number of carbonyl (C=O) groups excluding carboxylic acids is 2. The van der Waals surface area contributed by atoms with Gasteiger partial charge in [0.1, 0.15) is 0 Å². The highest BCUT2D eigenvalue weighted by Gasteiger charge is 2.39. The molecule has 3 nitrogen and oxygen atoms in total. The van der Waals surface area contributed by atoms with E-state index < -0.39 is 12.1 Å². The second kappa shape index (κ2) is 5.48. The van der Waals surface area contributed by atoms with E-state index in [0.717, 1.165) is 6.42 Å². The number of alkyl halides is 3. The van der Waals surface area contributed by atoms with Gasteiger partial charge in [0.15, 0.2) is 5.78 Å². The van der Waals surface area contributed by atoms with Crippen LogP contribution in [0.2, 0.25) is 0 Å². The van der Waals surface area contributed by atoms with Gasteiger partial charge in [0, 0.05) is 23.2 Å². The Labute approximate surface area is 113 Å². The average molecular weight is 283 g/mol. The highest BCUT2D eigenvalue weighted by Crippen LogP contribution is 2.30. The number of ketones is 1. The van der Waals surface area contributed by atoms with Crippen molar-refractivity contribution in [3.63, 3.8) is 0 Å². The van der Waals surface area contributed by atoms with E-state index in [4.69, 9.17) is 0 Å². The first-order valence-electron chi connectivity index (χ1n) is 6.10. The molecule has 2 rings (SSSR count). The summed E-state index contributed by atoms with van der Waals surface area (Å²) >= 11 is 0. The van der Waals surface area contributed by atoms with Gasteiger partial charge in [-0.2, -0.15) is 13.2 Å². The predicted octanol–water partition coefficient (Wildman–Crippen LogP) is 3.32. The Kier molecular flexibility index (Phi) is 3.92. The third-order valence-electron chi connectivity index (χ3n) is 2.98. The van der Waals surface area contributed by atoms with Crippen LogP contribution >= 0.6 is 0 Å². The summed E-state index contributed by atoms with van der Waals surface area (Å²) < 4.78 is 36.9. The molecular weight excluding hydrogens is 271 g/mol. The fourth-order valence-electron chi connectivity index (χ4n) is 2.04. The van der Waals surface area contributed by atoms with Crippen LogP contribution in [-0.4, -0.2) is 17.9 Å². The van der Waals surface area contributed by atoms with Gasteiger partial charge in [0.25, 0.3) is 0 Å². The fraction of sp³-hybridized carbons (Fsp3) is 0.286. The molecule has 0 saturated carbocycles. The van der Waals surface area contributed by atoms with Crippen molar-refractivity contribution in [2.45, 2.75) is 25.4 Å². The molecule has 0 bridgehead atoms. The zero-order valence-corrected chi connectivity index (χ0v) is 10.5. The molecule has 1 aromatic rings. The summed E-state index contributed by atoms with van der Waals surface area (Å²) in [6, 6.07) is 5.99. The topological polar surface area (TPSA) is 46.2 Å². The lowest BCUT2D eigenvalue weighted by atomic mass is 9.91. The molecule has 1 amide bonds. The van der Waals surface area contributed by atoms with Gasteiger partial charge >= 0.3 is 12.1 Å². The lowest BCUT2D eigenvalue weighted by Crippen LogP contribution is -2.30. The first-order valence-corrected chi connectivity index (χ1v) is 6.10. The minimum Gasteiger partial charge on any atom is -0.318 e. The van der Waals surface area contributed by atoms with E-state index in [1.807, 2.05) is 5.32 Å². The van der Waals surface area contributed by atoms with E-state index in [1.165, 1.54) is 18.2 Å². The Hall–Kier alpha value is -2.11. The van der Waals surface area contributed by atoms with E-state index in [1.54, 1.807) is 12.1 Å². The predicted molar refractivity (Wildman–Crippen MR) is 68.0 cm³/mol. The van der Waals surface area contributed by atoms with Crippen molar-refractivity contribution in [1.29, 1.82) is 0 Å². The van der Waals surface area contributed by atoms with E-state index in [0.29, 0.717) is 24.0 Å². The highest BCUT2D eigenvalue weighted by molar-refractivity contribution is 6.23. The van der Waals surface area contributed by atoms with E-state index in [2.05, 4.69) is 0 Å². The molecule has 0 aliphatic heterocycles. The molecule has 1 aromatic carbocycles. The zero-order chi connectivity index (χ0) is 14.8. The number of Topliss-reactive ketones (excluding diaryl/α,β-unsaturated/α-hetero) is 1. The Morgan fingerprint density at radius 3 is 2.55 bits per heavy atom. The van der Waals surface area contributed by atoms with Crippen molar-refractivity contribution >= 4 is 23.0 Å². The van der Waals surface area contributed by atoms with Crippen LogP contribution in [0.15, 0.2) is 30.3 Å². The van der Waals surface area contributed by atoms with Gasteiger partial charge in [0.05, 0.1) is 0 Å². The first kappa shape index (κ1) is 14.3. The molecule has 0 unspecified atom stereocenters. The third kappa shape index (κ3) is 3.07. The minimum absolute atomic E-state index is 0.00340. The SMILES string of the molecule is O=C1CCCC=C1c1ccccc1NC(=O)C(F)(F)F.